The van der Waals surface area contributed by atoms with Gasteiger partial charge in [-0.05, 0) is 31.5 Å². The Morgan fingerprint density at radius 3 is 2.62 bits per heavy atom. The zero-order chi connectivity index (χ0) is 18.0. The molecule has 0 radical (unpaired) electrons. The molecule has 0 bridgehead atoms. The zero-order valence-corrected chi connectivity index (χ0v) is 13.6. The summed E-state index contributed by atoms with van der Waals surface area (Å²) in [5.41, 5.74) is 0.306. The van der Waals surface area contributed by atoms with E-state index in [4.69, 9.17) is 6.42 Å². The lowest BCUT2D eigenvalue weighted by Gasteiger charge is -2.17. The zero-order valence-electron chi connectivity index (χ0n) is 13.6. The Morgan fingerprint density at radius 2 is 2.04 bits per heavy atom. The normalized spacial score (nSPS) is 11.8. The van der Waals surface area contributed by atoms with Gasteiger partial charge < -0.3 is 5.32 Å². The van der Waals surface area contributed by atoms with Crippen molar-refractivity contribution in [1.82, 2.24) is 14.7 Å². The molecule has 5 nitrogen and oxygen atoms in total. The quantitative estimate of drug-likeness (QED) is 0.867. The van der Waals surface area contributed by atoms with Crippen LogP contribution < -0.4 is 10.9 Å². The second-order valence-electron chi connectivity index (χ2n) is 5.37. The number of aromatic nitrogens is 2. The van der Waals surface area contributed by atoms with Gasteiger partial charge in [-0.15, -0.1) is 6.42 Å². The summed E-state index contributed by atoms with van der Waals surface area (Å²) in [6.45, 7) is 3.29. The van der Waals surface area contributed by atoms with E-state index in [-0.39, 0.29) is 12.1 Å². The van der Waals surface area contributed by atoms with Gasteiger partial charge in [-0.1, -0.05) is 12.0 Å². The minimum atomic E-state index is -0.995. The van der Waals surface area contributed by atoms with Crippen LogP contribution in [-0.2, 0) is 7.05 Å². The number of carbonyl (C=O) groups excluding carboxylic acids is 1. The first kappa shape index (κ1) is 17.5. The molecule has 0 unspecified atom stereocenters. The second-order valence-corrected chi connectivity index (χ2v) is 5.37. The molecule has 0 aliphatic heterocycles. The van der Waals surface area contributed by atoms with Crippen molar-refractivity contribution < 1.29 is 13.6 Å². The molecule has 126 valence electrons. The third kappa shape index (κ3) is 2.95. The van der Waals surface area contributed by atoms with Crippen molar-refractivity contribution in [3.63, 3.8) is 0 Å². The van der Waals surface area contributed by atoms with E-state index in [0.717, 1.165) is 12.1 Å². The van der Waals surface area contributed by atoms with Crippen LogP contribution in [0.5, 0.6) is 0 Å². The fraction of sp³-hybridized carbons (Fsp3) is 0.294. The lowest BCUT2D eigenvalue weighted by molar-refractivity contribution is 0.0957. The van der Waals surface area contributed by atoms with Crippen LogP contribution in [0.2, 0.25) is 0 Å². The van der Waals surface area contributed by atoms with Gasteiger partial charge in [-0.25, -0.2) is 13.5 Å². The summed E-state index contributed by atoms with van der Waals surface area (Å²) >= 11 is 0. The van der Waals surface area contributed by atoms with Crippen LogP contribution in [0, 0.1) is 30.9 Å². The summed E-state index contributed by atoms with van der Waals surface area (Å²) in [4.78, 5) is 24.8. The first-order chi connectivity index (χ1) is 11.3. The number of hydrogen-bond acceptors (Lipinski definition) is 2. The number of carbonyl (C=O) groups is 1. The maximum atomic E-state index is 13.5. The number of amides is 1. The van der Waals surface area contributed by atoms with Crippen molar-refractivity contribution in [2.75, 3.05) is 6.54 Å². The molecular formula is C17H17F2N3O2. The molecule has 2 aromatic rings. The average molecular weight is 333 g/mol. The maximum Gasteiger partial charge on any atom is 0.280 e. The molecule has 0 saturated heterocycles. The Bertz CT molecular complexity index is 890. The van der Waals surface area contributed by atoms with E-state index < -0.39 is 29.1 Å². The van der Waals surface area contributed by atoms with Crippen LogP contribution in [0.25, 0.3) is 0 Å². The summed E-state index contributed by atoms with van der Waals surface area (Å²) < 4.78 is 29.4. The highest BCUT2D eigenvalue weighted by atomic mass is 19.2. The first-order valence-corrected chi connectivity index (χ1v) is 7.24. The van der Waals surface area contributed by atoms with Gasteiger partial charge in [0.05, 0.1) is 12.6 Å². The number of benzene rings is 1. The third-order valence-electron chi connectivity index (χ3n) is 3.96. The van der Waals surface area contributed by atoms with Gasteiger partial charge in [0.2, 0.25) is 0 Å². The van der Waals surface area contributed by atoms with Crippen molar-refractivity contribution in [2.24, 2.45) is 7.05 Å². The van der Waals surface area contributed by atoms with Crippen molar-refractivity contribution >= 4 is 5.91 Å². The van der Waals surface area contributed by atoms with Crippen molar-refractivity contribution in [1.29, 1.82) is 0 Å². The summed E-state index contributed by atoms with van der Waals surface area (Å²) in [5, 5.41) is 2.45. The van der Waals surface area contributed by atoms with E-state index in [1.165, 1.54) is 15.4 Å². The second kappa shape index (κ2) is 6.71. The number of nitrogens with one attached hydrogen (secondary N) is 1. The molecule has 1 N–H and O–H groups in total. The highest BCUT2D eigenvalue weighted by molar-refractivity contribution is 5.95. The van der Waals surface area contributed by atoms with Gasteiger partial charge in [-0.2, -0.15) is 0 Å². The summed E-state index contributed by atoms with van der Waals surface area (Å²) in [6, 6.07) is 2.84. The predicted molar refractivity (Wildman–Crippen MR) is 85.7 cm³/mol. The number of halogens is 2. The topological polar surface area (TPSA) is 56.0 Å². The monoisotopic (exact) mass is 333 g/mol. The average Bonchev–Trinajstić information content (AvgIpc) is 2.77. The van der Waals surface area contributed by atoms with Crippen LogP contribution in [-0.4, -0.2) is 21.8 Å². The van der Waals surface area contributed by atoms with Crippen LogP contribution >= 0.6 is 0 Å². The SMILES string of the molecule is C#CCNC(=O)c1c(C)n(C)n([C@@H](C)c2ccc(F)c(F)c2)c1=O. The summed E-state index contributed by atoms with van der Waals surface area (Å²) in [5.74, 6) is -0.261. The minimum absolute atomic E-state index is 0.00529. The Hall–Kier alpha value is -2.88. The van der Waals surface area contributed by atoms with Crippen molar-refractivity contribution in [2.45, 2.75) is 19.9 Å². The molecule has 24 heavy (non-hydrogen) atoms. The molecule has 1 heterocycles. The molecular weight excluding hydrogens is 316 g/mol. The summed E-state index contributed by atoms with van der Waals surface area (Å²) in [6.07, 6.45) is 5.10. The smallest absolute Gasteiger partial charge is 0.280 e. The number of rotatable bonds is 4. The van der Waals surface area contributed by atoms with Crippen LogP contribution in [0.3, 0.4) is 0 Å². The van der Waals surface area contributed by atoms with Gasteiger partial charge in [0.1, 0.15) is 5.56 Å². The fourth-order valence-electron chi connectivity index (χ4n) is 2.56. The molecule has 1 aromatic heterocycles. The first-order valence-electron chi connectivity index (χ1n) is 7.24. The Labute approximate surface area is 137 Å². The predicted octanol–water partition coefficient (Wildman–Crippen LogP) is 1.75. The lowest BCUT2D eigenvalue weighted by atomic mass is 10.1. The standard InChI is InChI=1S/C17H17F2N3O2/c1-5-8-20-16(23)15-11(3)21(4)22(17(15)24)10(2)12-6-7-13(18)14(19)9-12/h1,6-7,9-10H,8H2,2-4H3,(H,20,23)/t10-/m0/s1. The largest absolute Gasteiger partial charge is 0.341 e. The van der Waals surface area contributed by atoms with E-state index in [9.17, 15) is 18.4 Å². The van der Waals surface area contributed by atoms with E-state index >= 15 is 0 Å². The lowest BCUT2D eigenvalue weighted by Crippen LogP contribution is -2.32. The van der Waals surface area contributed by atoms with Gasteiger partial charge in [0.25, 0.3) is 11.5 Å². The molecule has 1 atom stereocenters. The van der Waals surface area contributed by atoms with Gasteiger partial charge in [0.15, 0.2) is 11.6 Å². The summed E-state index contributed by atoms with van der Waals surface area (Å²) in [7, 11) is 1.62. The van der Waals surface area contributed by atoms with Gasteiger partial charge in [0, 0.05) is 12.7 Å². The molecule has 0 aliphatic rings. The molecule has 0 aliphatic carbocycles. The van der Waals surface area contributed by atoms with Crippen molar-refractivity contribution in [3.8, 4) is 12.3 Å². The van der Waals surface area contributed by atoms with E-state index in [1.54, 1.807) is 20.9 Å². The molecule has 1 amide bonds. The molecule has 0 saturated carbocycles. The maximum absolute atomic E-state index is 13.5. The molecule has 0 spiro atoms. The molecule has 7 heteroatoms. The van der Waals surface area contributed by atoms with E-state index in [1.807, 2.05) is 0 Å². The highest BCUT2D eigenvalue weighted by Crippen LogP contribution is 2.20. The Balaban J connectivity index is 2.51. The minimum Gasteiger partial charge on any atom is -0.341 e. The molecule has 2 rings (SSSR count). The molecule has 0 fully saturated rings. The van der Waals surface area contributed by atoms with Gasteiger partial charge in [-0.3, -0.25) is 14.3 Å². The number of terminal acetylenes is 1. The number of nitrogens with zero attached hydrogens (tertiary/aromatic N) is 2. The fourth-order valence-corrected chi connectivity index (χ4v) is 2.56. The van der Waals surface area contributed by atoms with Crippen LogP contribution in [0.1, 0.15) is 34.6 Å². The van der Waals surface area contributed by atoms with Gasteiger partial charge >= 0.3 is 0 Å². The number of hydrogen-bond donors (Lipinski definition) is 1. The van der Waals surface area contributed by atoms with Crippen LogP contribution in [0.4, 0.5) is 8.78 Å². The Kier molecular flexibility index (Phi) is 4.88. The third-order valence-corrected chi connectivity index (χ3v) is 3.96. The van der Waals surface area contributed by atoms with Crippen LogP contribution in [0.15, 0.2) is 23.0 Å². The van der Waals surface area contributed by atoms with E-state index in [2.05, 4.69) is 11.2 Å². The van der Waals surface area contributed by atoms with E-state index in [0.29, 0.717) is 11.3 Å². The molecule has 1 aromatic carbocycles. The Morgan fingerprint density at radius 1 is 1.38 bits per heavy atom. The van der Waals surface area contributed by atoms with Crippen molar-refractivity contribution in [3.05, 3.63) is 57.0 Å². The highest BCUT2D eigenvalue weighted by Gasteiger charge is 2.24.